The first-order valence-corrected chi connectivity index (χ1v) is 8.39. The highest BCUT2D eigenvalue weighted by Crippen LogP contribution is 2.23. The number of H-pyrrole nitrogens is 1. The number of aromatic amines is 1. The van der Waals surface area contributed by atoms with E-state index in [2.05, 4.69) is 15.1 Å². The Morgan fingerprint density at radius 2 is 1.96 bits per heavy atom. The lowest BCUT2D eigenvalue weighted by atomic mass is 10.2. The SMILES string of the molecule is O=C1CN(Cc2[nH]nc3ccc(Cl)cc23)CCN1c1ccc(F)cc1. The van der Waals surface area contributed by atoms with E-state index in [1.54, 1.807) is 23.1 Å². The van der Waals surface area contributed by atoms with Gasteiger partial charge in [-0.25, -0.2) is 4.39 Å². The maximum atomic E-state index is 13.1. The van der Waals surface area contributed by atoms with Gasteiger partial charge in [-0.1, -0.05) is 11.6 Å². The van der Waals surface area contributed by atoms with E-state index in [1.807, 2.05) is 12.1 Å². The Labute approximate surface area is 149 Å². The molecule has 5 nitrogen and oxygen atoms in total. The number of halogens is 2. The lowest BCUT2D eigenvalue weighted by molar-refractivity contribution is -0.121. The van der Waals surface area contributed by atoms with E-state index in [0.717, 1.165) is 28.8 Å². The summed E-state index contributed by atoms with van der Waals surface area (Å²) >= 11 is 6.07. The average Bonchev–Trinajstić information content (AvgIpc) is 2.98. The summed E-state index contributed by atoms with van der Waals surface area (Å²) in [6, 6.07) is 11.6. The van der Waals surface area contributed by atoms with Crippen molar-refractivity contribution in [2.45, 2.75) is 6.54 Å². The van der Waals surface area contributed by atoms with Crippen LogP contribution < -0.4 is 4.90 Å². The summed E-state index contributed by atoms with van der Waals surface area (Å²) in [7, 11) is 0. The third-order valence-electron chi connectivity index (χ3n) is 4.41. The largest absolute Gasteiger partial charge is 0.310 e. The second kappa shape index (κ2) is 6.46. The molecule has 0 radical (unpaired) electrons. The number of nitrogens with one attached hydrogen (secondary N) is 1. The van der Waals surface area contributed by atoms with Crippen LogP contribution in [-0.2, 0) is 11.3 Å². The Bertz CT molecular complexity index is 924. The van der Waals surface area contributed by atoms with Crippen molar-refractivity contribution in [2.24, 2.45) is 0 Å². The van der Waals surface area contributed by atoms with Crippen molar-refractivity contribution in [2.75, 3.05) is 24.5 Å². The van der Waals surface area contributed by atoms with Crippen LogP contribution in [-0.4, -0.2) is 40.6 Å². The minimum Gasteiger partial charge on any atom is -0.310 e. The first-order chi connectivity index (χ1) is 12.1. The van der Waals surface area contributed by atoms with Crippen LogP contribution in [0, 0.1) is 5.82 Å². The second-order valence-electron chi connectivity index (χ2n) is 6.10. The highest BCUT2D eigenvalue weighted by Gasteiger charge is 2.25. The van der Waals surface area contributed by atoms with Gasteiger partial charge in [-0.2, -0.15) is 5.10 Å². The van der Waals surface area contributed by atoms with Crippen molar-refractivity contribution in [3.05, 3.63) is 59.0 Å². The van der Waals surface area contributed by atoms with Crippen molar-refractivity contribution in [3.63, 3.8) is 0 Å². The number of benzene rings is 2. The molecule has 128 valence electrons. The van der Waals surface area contributed by atoms with Crippen LogP contribution >= 0.6 is 11.6 Å². The molecule has 1 aromatic heterocycles. The van der Waals surface area contributed by atoms with Crippen molar-refractivity contribution >= 4 is 34.1 Å². The molecule has 0 aliphatic carbocycles. The number of anilines is 1. The molecule has 1 fully saturated rings. The summed E-state index contributed by atoms with van der Waals surface area (Å²) in [5.74, 6) is -0.306. The highest BCUT2D eigenvalue weighted by molar-refractivity contribution is 6.31. The number of amides is 1. The van der Waals surface area contributed by atoms with Crippen LogP contribution in [0.4, 0.5) is 10.1 Å². The van der Waals surface area contributed by atoms with Crippen molar-refractivity contribution < 1.29 is 9.18 Å². The summed E-state index contributed by atoms with van der Waals surface area (Å²) in [4.78, 5) is 16.2. The maximum Gasteiger partial charge on any atom is 0.241 e. The van der Waals surface area contributed by atoms with Crippen molar-refractivity contribution in [1.82, 2.24) is 15.1 Å². The lowest BCUT2D eigenvalue weighted by Gasteiger charge is -2.34. The van der Waals surface area contributed by atoms with Gasteiger partial charge >= 0.3 is 0 Å². The predicted molar refractivity (Wildman–Crippen MR) is 95.1 cm³/mol. The fourth-order valence-electron chi connectivity index (χ4n) is 3.13. The van der Waals surface area contributed by atoms with E-state index in [0.29, 0.717) is 24.7 Å². The molecular formula is C18H16ClFN4O. The molecule has 0 spiro atoms. The summed E-state index contributed by atoms with van der Waals surface area (Å²) in [5, 5.41) is 8.94. The monoisotopic (exact) mass is 358 g/mol. The Morgan fingerprint density at radius 3 is 2.72 bits per heavy atom. The molecule has 2 heterocycles. The van der Waals surface area contributed by atoms with E-state index in [1.165, 1.54) is 12.1 Å². The molecule has 0 unspecified atom stereocenters. The van der Waals surface area contributed by atoms with Gasteiger partial charge in [0.2, 0.25) is 5.91 Å². The first kappa shape index (κ1) is 16.1. The van der Waals surface area contributed by atoms with E-state index >= 15 is 0 Å². The molecule has 3 aromatic rings. The molecule has 1 saturated heterocycles. The fourth-order valence-corrected chi connectivity index (χ4v) is 3.30. The number of carbonyl (C=O) groups excluding carboxylic acids is 1. The number of carbonyl (C=O) groups is 1. The zero-order chi connectivity index (χ0) is 17.4. The zero-order valence-corrected chi connectivity index (χ0v) is 14.1. The van der Waals surface area contributed by atoms with E-state index < -0.39 is 0 Å². The Balaban J connectivity index is 1.48. The van der Waals surface area contributed by atoms with Gasteiger partial charge in [-0.15, -0.1) is 0 Å². The maximum absolute atomic E-state index is 13.1. The minimum absolute atomic E-state index is 0.000267. The molecular weight excluding hydrogens is 343 g/mol. The molecule has 1 aliphatic heterocycles. The van der Waals surface area contributed by atoms with E-state index in [4.69, 9.17) is 11.6 Å². The van der Waals surface area contributed by atoms with Gasteiger partial charge in [-0.05, 0) is 42.5 Å². The molecule has 2 aromatic carbocycles. The summed E-state index contributed by atoms with van der Waals surface area (Å²) in [5.41, 5.74) is 2.53. The Hall–Kier alpha value is -2.44. The third-order valence-corrected chi connectivity index (χ3v) is 4.65. The molecule has 0 saturated carbocycles. The van der Waals surface area contributed by atoms with Crippen LogP contribution in [0.2, 0.25) is 5.02 Å². The molecule has 7 heteroatoms. The summed E-state index contributed by atoms with van der Waals surface area (Å²) in [6.45, 7) is 2.19. The minimum atomic E-state index is -0.306. The zero-order valence-electron chi connectivity index (χ0n) is 13.4. The van der Waals surface area contributed by atoms with E-state index in [-0.39, 0.29) is 11.7 Å². The average molecular weight is 359 g/mol. The molecule has 1 N–H and O–H groups in total. The van der Waals surface area contributed by atoms with Crippen molar-refractivity contribution in [3.8, 4) is 0 Å². The van der Waals surface area contributed by atoms with Gasteiger partial charge in [0.05, 0.1) is 17.8 Å². The normalized spacial score (nSPS) is 15.9. The number of nitrogens with zero attached hydrogens (tertiary/aromatic N) is 3. The number of fused-ring (bicyclic) bond motifs is 1. The smallest absolute Gasteiger partial charge is 0.241 e. The fraction of sp³-hybridized carbons (Fsp3) is 0.222. The van der Waals surface area contributed by atoms with Gasteiger partial charge in [0.1, 0.15) is 5.82 Å². The number of aromatic nitrogens is 2. The highest BCUT2D eigenvalue weighted by atomic mass is 35.5. The number of hydrogen-bond acceptors (Lipinski definition) is 3. The third kappa shape index (κ3) is 3.23. The van der Waals surface area contributed by atoms with Crippen molar-refractivity contribution in [1.29, 1.82) is 0 Å². The Morgan fingerprint density at radius 1 is 1.16 bits per heavy atom. The second-order valence-corrected chi connectivity index (χ2v) is 6.53. The molecule has 1 aliphatic rings. The summed E-state index contributed by atoms with van der Waals surface area (Å²) < 4.78 is 13.1. The van der Waals surface area contributed by atoms with Crippen LogP contribution in [0.15, 0.2) is 42.5 Å². The first-order valence-electron chi connectivity index (χ1n) is 8.01. The lowest BCUT2D eigenvalue weighted by Crippen LogP contribution is -2.50. The number of hydrogen-bond donors (Lipinski definition) is 1. The number of piperazine rings is 1. The van der Waals surface area contributed by atoms with Gasteiger partial charge in [0.25, 0.3) is 0 Å². The molecule has 4 rings (SSSR count). The molecule has 0 atom stereocenters. The number of rotatable bonds is 3. The predicted octanol–water partition coefficient (Wildman–Crippen LogP) is 3.20. The van der Waals surface area contributed by atoms with Crippen LogP contribution in [0.5, 0.6) is 0 Å². The van der Waals surface area contributed by atoms with Crippen LogP contribution in [0.1, 0.15) is 5.69 Å². The van der Waals surface area contributed by atoms with Gasteiger partial charge in [0.15, 0.2) is 0 Å². The standard InChI is InChI=1S/C18H16ClFN4O/c19-12-1-6-16-15(9-12)17(22-21-16)10-23-7-8-24(18(25)11-23)14-4-2-13(20)3-5-14/h1-6,9H,7-8,10-11H2,(H,21,22). The van der Waals surface area contributed by atoms with Gasteiger partial charge in [0, 0.05) is 35.7 Å². The van der Waals surface area contributed by atoms with Crippen LogP contribution in [0.3, 0.4) is 0 Å². The van der Waals surface area contributed by atoms with Gasteiger partial charge in [-0.3, -0.25) is 14.8 Å². The molecule has 0 bridgehead atoms. The molecule has 25 heavy (non-hydrogen) atoms. The quantitative estimate of drug-likeness (QED) is 0.782. The Kier molecular flexibility index (Phi) is 4.15. The van der Waals surface area contributed by atoms with Crippen LogP contribution in [0.25, 0.3) is 10.9 Å². The van der Waals surface area contributed by atoms with E-state index in [9.17, 15) is 9.18 Å². The topological polar surface area (TPSA) is 52.2 Å². The summed E-state index contributed by atoms with van der Waals surface area (Å²) in [6.07, 6.45) is 0. The van der Waals surface area contributed by atoms with Gasteiger partial charge < -0.3 is 4.90 Å². The molecule has 1 amide bonds.